The maximum absolute atomic E-state index is 13.0. The molecule has 0 aliphatic rings. The van der Waals surface area contributed by atoms with Crippen LogP contribution in [-0.4, -0.2) is 27.1 Å². The number of hydrogen-bond acceptors (Lipinski definition) is 3. The van der Waals surface area contributed by atoms with E-state index in [0.29, 0.717) is 5.69 Å². The number of benzene rings is 3. The van der Waals surface area contributed by atoms with Gasteiger partial charge >= 0.3 is 0 Å². The lowest BCUT2D eigenvalue weighted by molar-refractivity contribution is -0.120. The van der Waals surface area contributed by atoms with Gasteiger partial charge in [-0.2, -0.15) is 0 Å². The Morgan fingerprint density at radius 3 is 2.10 bits per heavy atom. The van der Waals surface area contributed by atoms with Gasteiger partial charge in [0.05, 0.1) is 18.0 Å². The minimum Gasteiger partial charge on any atom is -0.344 e. The Labute approximate surface area is 178 Å². The van der Waals surface area contributed by atoms with Crippen LogP contribution in [0, 0.1) is 13.8 Å². The quantitative estimate of drug-likeness (QED) is 0.626. The summed E-state index contributed by atoms with van der Waals surface area (Å²) in [6.45, 7) is 3.59. The molecule has 0 radical (unpaired) electrons. The molecule has 6 heteroatoms. The zero-order chi connectivity index (χ0) is 21.7. The van der Waals surface area contributed by atoms with Crippen LogP contribution in [0.3, 0.4) is 0 Å². The third-order valence-electron chi connectivity index (χ3n) is 4.83. The van der Waals surface area contributed by atoms with E-state index in [0.717, 1.165) is 32.8 Å². The average Bonchev–Trinajstić information content (AvgIpc) is 2.71. The highest BCUT2D eigenvalue weighted by Gasteiger charge is 2.23. The van der Waals surface area contributed by atoms with E-state index in [1.807, 2.05) is 74.5 Å². The smallest absolute Gasteiger partial charge is 0.241 e. The normalized spacial score (nSPS) is 12.2. The topological polar surface area (TPSA) is 66.5 Å². The second-order valence-corrected chi connectivity index (χ2v) is 9.34. The summed E-state index contributed by atoms with van der Waals surface area (Å²) in [5, 5.41) is 3.01. The highest BCUT2D eigenvalue weighted by Crippen LogP contribution is 2.23. The van der Waals surface area contributed by atoms with E-state index in [9.17, 15) is 13.2 Å². The van der Waals surface area contributed by atoms with Crippen molar-refractivity contribution in [2.24, 2.45) is 0 Å². The van der Waals surface area contributed by atoms with Crippen molar-refractivity contribution < 1.29 is 13.2 Å². The average molecular weight is 423 g/mol. The lowest BCUT2D eigenvalue weighted by Gasteiger charge is -2.25. The van der Waals surface area contributed by atoms with Gasteiger partial charge < -0.3 is 5.32 Å². The van der Waals surface area contributed by atoms with Crippen LogP contribution in [0.15, 0.2) is 78.9 Å². The number of carbonyl (C=O) groups excluding carboxylic acids is 1. The van der Waals surface area contributed by atoms with Crippen molar-refractivity contribution in [3.05, 3.63) is 101 Å². The lowest BCUT2D eigenvalue weighted by Crippen LogP contribution is -2.41. The summed E-state index contributed by atoms with van der Waals surface area (Å²) in [6.07, 6.45) is 1.11. The number of carbonyl (C=O) groups is 1. The zero-order valence-electron chi connectivity index (χ0n) is 17.4. The molecule has 30 heavy (non-hydrogen) atoms. The molecule has 156 valence electrons. The highest BCUT2D eigenvalue weighted by atomic mass is 32.2. The first kappa shape index (κ1) is 21.6. The number of nitrogens with zero attached hydrogens (tertiary/aromatic N) is 1. The van der Waals surface area contributed by atoms with E-state index in [4.69, 9.17) is 0 Å². The van der Waals surface area contributed by atoms with Crippen LogP contribution >= 0.6 is 0 Å². The van der Waals surface area contributed by atoms with Gasteiger partial charge in [0.2, 0.25) is 15.9 Å². The molecule has 5 nitrogen and oxygen atoms in total. The van der Waals surface area contributed by atoms with Crippen molar-refractivity contribution in [2.75, 3.05) is 17.1 Å². The Morgan fingerprint density at radius 1 is 0.867 bits per heavy atom. The van der Waals surface area contributed by atoms with Gasteiger partial charge in [-0.3, -0.25) is 9.10 Å². The van der Waals surface area contributed by atoms with Crippen molar-refractivity contribution in [1.82, 2.24) is 5.32 Å². The van der Waals surface area contributed by atoms with Crippen LogP contribution in [0.4, 0.5) is 5.69 Å². The molecular formula is C24H26N2O3S. The molecule has 1 atom stereocenters. The van der Waals surface area contributed by atoms with Gasteiger partial charge in [0.1, 0.15) is 6.54 Å². The predicted octanol–water partition coefficient (Wildman–Crippen LogP) is 3.98. The van der Waals surface area contributed by atoms with Crippen molar-refractivity contribution in [2.45, 2.75) is 19.9 Å². The summed E-state index contributed by atoms with van der Waals surface area (Å²) in [7, 11) is -3.63. The molecule has 0 heterocycles. The first-order valence-corrected chi connectivity index (χ1v) is 11.5. The molecule has 0 aliphatic carbocycles. The molecule has 3 aromatic carbocycles. The third kappa shape index (κ3) is 5.48. The van der Waals surface area contributed by atoms with Crippen LogP contribution in [0.5, 0.6) is 0 Å². The van der Waals surface area contributed by atoms with Crippen LogP contribution < -0.4 is 9.62 Å². The second-order valence-electron chi connectivity index (χ2n) is 7.43. The summed E-state index contributed by atoms with van der Waals surface area (Å²) < 4.78 is 25.9. The molecule has 3 rings (SSSR count). The van der Waals surface area contributed by atoms with Crippen molar-refractivity contribution in [3.63, 3.8) is 0 Å². The summed E-state index contributed by atoms with van der Waals surface area (Å²) in [6, 6.07) is 24.3. The van der Waals surface area contributed by atoms with Crippen LogP contribution in [0.1, 0.15) is 28.3 Å². The number of rotatable bonds is 7. The molecule has 0 unspecified atom stereocenters. The van der Waals surface area contributed by atoms with Crippen LogP contribution in [0.2, 0.25) is 0 Å². The molecule has 0 saturated carbocycles. The van der Waals surface area contributed by atoms with Crippen LogP contribution in [0.25, 0.3) is 0 Å². The fourth-order valence-corrected chi connectivity index (χ4v) is 4.13. The second kappa shape index (κ2) is 9.13. The van der Waals surface area contributed by atoms with Gasteiger partial charge in [-0.25, -0.2) is 8.42 Å². The van der Waals surface area contributed by atoms with E-state index in [1.165, 1.54) is 0 Å². The number of aryl methyl sites for hydroxylation is 2. The summed E-state index contributed by atoms with van der Waals surface area (Å²) >= 11 is 0. The first-order chi connectivity index (χ1) is 14.2. The molecular weight excluding hydrogens is 396 g/mol. The molecule has 0 fully saturated rings. The van der Waals surface area contributed by atoms with Crippen molar-refractivity contribution in [3.8, 4) is 0 Å². The van der Waals surface area contributed by atoms with Gasteiger partial charge in [0.15, 0.2) is 0 Å². The van der Waals surface area contributed by atoms with Crippen molar-refractivity contribution in [1.29, 1.82) is 0 Å². The maximum atomic E-state index is 13.0. The zero-order valence-corrected chi connectivity index (χ0v) is 18.2. The Balaban J connectivity index is 1.88. The summed E-state index contributed by atoms with van der Waals surface area (Å²) in [5.74, 6) is -0.378. The van der Waals surface area contributed by atoms with E-state index in [1.54, 1.807) is 18.2 Å². The summed E-state index contributed by atoms with van der Waals surface area (Å²) in [4.78, 5) is 13.0. The predicted molar refractivity (Wildman–Crippen MR) is 121 cm³/mol. The Bertz CT molecular complexity index is 1110. The third-order valence-corrected chi connectivity index (χ3v) is 5.97. The van der Waals surface area contributed by atoms with E-state index in [2.05, 4.69) is 5.32 Å². The number of nitrogens with one attached hydrogen (secondary N) is 1. The SMILES string of the molecule is Cc1ccc([C@H](NC(=O)CN(c2cccc(C)c2)S(C)(=O)=O)c2ccccc2)cc1. The largest absolute Gasteiger partial charge is 0.344 e. The van der Waals surface area contributed by atoms with Crippen molar-refractivity contribution >= 4 is 21.6 Å². The number of anilines is 1. The summed E-state index contributed by atoms with van der Waals surface area (Å²) in [5.41, 5.74) is 4.37. The lowest BCUT2D eigenvalue weighted by atomic mass is 9.98. The fourth-order valence-electron chi connectivity index (χ4n) is 3.28. The van der Waals surface area contributed by atoms with Gasteiger partial charge in [-0.1, -0.05) is 72.3 Å². The van der Waals surface area contributed by atoms with Gasteiger partial charge in [0.25, 0.3) is 0 Å². The minimum atomic E-state index is -3.63. The monoisotopic (exact) mass is 422 g/mol. The molecule has 1 amide bonds. The highest BCUT2D eigenvalue weighted by molar-refractivity contribution is 7.92. The van der Waals surface area contributed by atoms with Gasteiger partial charge in [-0.05, 0) is 42.7 Å². The number of amides is 1. The minimum absolute atomic E-state index is 0.294. The Kier molecular flexibility index (Phi) is 6.57. The molecule has 0 bridgehead atoms. The molecule has 1 N–H and O–H groups in total. The van der Waals surface area contributed by atoms with Gasteiger partial charge in [-0.15, -0.1) is 0 Å². The molecule has 0 saturated heterocycles. The maximum Gasteiger partial charge on any atom is 0.241 e. The first-order valence-electron chi connectivity index (χ1n) is 9.69. The van der Waals surface area contributed by atoms with E-state index < -0.39 is 10.0 Å². The Hall–Kier alpha value is -3.12. The van der Waals surface area contributed by atoms with E-state index >= 15 is 0 Å². The fraction of sp³-hybridized carbons (Fsp3) is 0.208. The Morgan fingerprint density at radius 2 is 1.50 bits per heavy atom. The molecule has 0 aromatic heterocycles. The number of sulfonamides is 1. The molecule has 3 aromatic rings. The number of hydrogen-bond donors (Lipinski definition) is 1. The van der Waals surface area contributed by atoms with E-state index in [-0.39, 0.29) is 18.5 Å². The molecule has 0 aliphatic heterocycles. The van der Waals surface area contributed by atoms with Gasteiger partial charge in [0, 0.05) is 0 Å². The van der Waals surface area contributed by atoms with Crippen LogP contribution in [-0.2, 0) is 14.8 Å². The standard InChI is InChI=1S/C24H26N2O3S/c1-18-12-14-21(15-13-18)24(20-9-5-4-6-10-20)25-23(27)17-26(30(3,28)29)22-11-7-8-19(2)16-22/h4-16,24H,17H2,1-3H3,(H,25,27)/t24-/m1/s1. The molecule has 0 spiro atoms.